The molecule has 158 valence electrons. The molecule has 3 N–H and O–H groups in total. The molecular weight excluding hydrogens is 424 g/mol. The van der Waals surface area contributed by atoms with Crippen LogP contribution in [-0.4, -0.2) is 32.2 Å². The van der Waals surface area contributed by atoms with E-state index in [1.165, 1.54) is 11.3 Å². The highest BCUT2D eigenvalue weighted by Gasteiger charge is 2.26. The molecule has 8 heteroatoms. The van der Waals surface area contributed by atoms with E-state index in [0.717, 1.165) is 26.7 Å². The van der Waals surface area contributed by atoms with E-state index in [2.05, 4.69) is 20.5 Å². The van der Waals surface area contributed by atoms with Crippen LogP contribution in [0.3, 0.4) is 0 Å². The van der Waals surface area contributed by atoms with Crippen LogP contribution in [0.15, 0.2) is 48.5 Å². The smallest absolute Gasteiger partial charge is 0.337 e. The Hall–Kier alpha value is -4.04. The van der Waals surface area contributed by atoms with E-state index < -0.39 is 5.97 Å². The molecule has 5 rings (SSSR count). The van der Waals surface area contributed by atoms with Gasteiger partial charge in [-0.3, -0.25) is 4.79 Å². The van der Waals surface area contributed by atoms with Crippen molar-refractivity contribution in [3.8, 4) is 21.1 Å². The number of hydrogen-bond donors (Lipinski definition) is 3. The third-order valence-electron chi connectivity index (χ3n) is 5.47. The Balaban J connectivity index is 1.55. The van der Waals surface area contributed by atoms with Gasteiger partial charge in [-0.05, 0) is 43.7 Å². The molecule has 2 aromatic heterocycles. The van der Waals surface area contributed by atoms with Crippen LogP contribution in [0, 0.1) is 13.8 Å². The van der Waals surface area contributed by atoms with Crippen LogP contribution in [0.2, 0.25) is 0 Å². The third-order valence-corrected chi connectivity index (χ3v) is 6.50. The highest BCUT2D eigenvalue weighted by molar-refractivity contribution is 7.17. The number of amides is 1. The minimum absolute atomic E-state index is 0.228. The molecule has 0 radical (unpaired) electrons. The minimum atomic E-state index is -0.995. The van der Waals surface area contributed by atoms with E-state index in [4.69, 9.17) is 0 Å². The van der Waals surface area contributed by atoms with E-state index in [-0.39, 0.29) is 11.5 Å². The zero-order valence-electron chi connectivity index (χ0n) is 17.3. The average Bonchev–Trinajstić information content (AvgIpc) is 3.45. The van der Waals surface area contributed by atoms with Crippen molar-refractivity contribution in [2.75, 3.05) is 5.32 Å². The molecule has 32 heavy (non-hydrogen) atoms. The van der Waals surface area contributed by atoms with Crippen LogP contribution in [0.4, 0.5) is 5.69 Å². The SMILES string of the molecule is Cc1[nH]c(C=C2C(=O)Nc3ccc(-c4nnc(-c5ccccc5)s4)cc32)c(C)c1C(=O)O. The summed E-state index contributed by atoms with van der Waals surface area (Å²) in [6, 6.07) is 15.5. The van der Waals surface area contributed by atoms with Gasteiger partial charge in [-0.15, -0.1) is 10.2 Å². The third kappa shape index (κ3) is 3.30. The van der Waals surface area contributed by atoms with Crippen LogP contribution in [0.1, 0.15) is 32.9 Å². The number of aromatic carboxylic acids is 1. The van der Waals surface area contributed by atoms with Crippen LogP contribution < -0.4 is 5.32 Å². The van der Waals surface area contributed by atoms with Gasteiger partial charge in [-0.2, -0.15) is 0 Å². The number of rotatable bonds is 4. The summed E-state index contributed by atoms with van der Waals surface area (Å²) in [5.74, 6) is -1.23. The molecule has 3 heterocycles. The number of nitrogens with zero attached hydrogens (tertiary/aromatic N) is 2. The number of nitrogens with one attached hydrogen (secondary N) is 2. The van der Waals surface area contributed by atoms with Gasteiger partial charge in [0.1, 0.15) is 10.0 Å². The maximum atomic E-state index is 12.7. The molecule has 0 fully saturated rings. The van der Waals surface area contributed by atoms with Crippen molar-refractivity contribution >= 4 is 40.5 Å². The zero-order chi connectivity index (χ0) is 22.4. The summed E-state index contributed by atoms with van der Waals surface area (Å²) in [6.45, 7) is 3.44. The number of benzene rings is 2. The molecule has 7 nitrogen and oxygen atoms in total. The molecule has 0 spiro atoms. The molecule has 0 saturated carbocycles. The molecule has 0 aliphatic carbocycles. The number of fused-ring (bicyclic) bond motifs is 1. The first-order chi connectivity index (χ1) is 15.4. The highest BCUT2D eigenvalue weighted by Crippen LogP contribution is 2.38. The van der Waals surface area contributed by atoms with Gasteiger partial charge in [0.25, 0.3) is 5.91 Å². The number of carboxylic acid groups (broad SMARTS) is 1. The fourth-order valence-electron chi connectivity index (χ4n) is 3.89. The molecule has 2 aromatic carbocycles. The maximum Gasteiger partial charge on any atom is 0.337 e. The average molecular weight is 443 g/mol. The minimum Gasteiger partial charge on any atom is -0.478 e. The topological polar surface area (TPSA) is 108 Å². The molecule has 0 atom stereocenters. The first-order valence-electron chi connectivity index (χ1n) is 9.91. The molecular formula is C24H18N4O3S. The van der Waals surface area contributed by atoms with Crippen LogP contribution in [-0.2, 0) is 4.79 Å². The van der Waals surface area contributed by atoms with Crippen molar-refractivity contribution in [2.24, 2.45) is 0 Å². The lowest BCUT2D eigenvalue weighted by Crippen LogP contribution is -2.03. The van der Waals surface area contributed by atoms with Gasteiger partial charge in [-0.25, -0.2) is 4.79 Å². The molecule has 1 aliphatic heterocycles. The van der Waals surface area contributed by atoms with E-state index in [1.807, 2.05) is 48.5 Å². The zero-order valence-corrected chi connectivity index (χ0v) is 18.1. The van der Waals surface area contributed by atoms with Crippen molar-refractivity contribution in [3.63, 3.8) is 0 Å². The second kappa shape index (κ2) is 7.58. The second-order valence-corrected chi connectivity index (χ2v) is 8.50. The van der Waals surface area contributed by atoms with Crippen molar-refractivity contribution in [1.29, 1.82) is 0 Å². The summed E-state index contributed by atoms with van der Waals surface area (Å²) in [7, 11) is 0. The van der Waals surface area contributed by atoms with E-state index >= 15 is 0 Å². The monoisotopic (exact) mass is 442 g/mol. The number of aromatic amines is 1. The van der Waals surface area contributed by atoms with Crippen molar-refractivity contribution in [2.45, 2.75) is 13.8 Å². The summed E-state index contributed by atoms with van der Waals surface area (Å²) in [5, 5.41) is 22.5. The molecule has 1 aliphatic rings. The highest BCUT2D eigenvalue weighted by atomic mass is 32.1. The summed E-state index contributed by atoms with van der Waals surface area (Å²) < 4.78 is 0. The Kier molecular flexibility index (Phi) is 4.71. The molecule has 1 amide bonds. The number of hydrogen-bond acceptors (Lipinski definition) is 5. The predicted octanol–water partition coefficient (Wildman–Crippen LogP) is 5.01. The van der Waals surface area contributed by atoms with Crippen molar-refractivity contribution in [3.05, 3.63) is 76.6 Å². The standard InChI is InChI=1S/C24H18N4O3S/c1-12-19(25-13(2)20(12)24(30)31)11-17-16-10-15(8-9-18(16)26-21(17)29)23-28-27-22(32-23)14-6-4-3-5-7-14/h3-11,25H,1-2H3,(H,26,29)(H,30,31). The molecule has 0 unspecified atom stereocenters. The lowest BCUT2D eigenvalue weighted by atomic mass is 10.0. The molecule has 4 aromatic rings. The lowest BCUT2D eigenvalue weighted by Gasteiger charge is -2.02. The fraction of sp³-hybridized carbons (Fsp3) is 0.0833. The lowest BCUT2D eigenvalue weighted by molar-refractivity contribution is -0.110. The van der Waals surface area contributed by atoms with E-state index in [9.17, 15) is 14.7 Å². The number of carbonyl (C=O) groups excluding carboxylic acids is 1. The Morgan fingerprint density at radius 3 is 2.44 bits per heavy atom. The van der Waals surface area contributed by atoms with Crippen LogP contribution >= 0.6 is 11.3 Å². The fourth-order valence-corrected chi connectivity index (χ4v) is 4.73. The van der Waals surface area contributed by atoms with Crippen LogP contribution in [0.5, 0.6) is 0 Å². The Morgan fingerprint density at radius 1 is 1.03 bits per heavy atom. The summed E-state index contributed by atoms with van der Waals surface area (Å²) in [6.07, 6.45) is 1.70. The summed E-state index contributed by atoms with van der Waals surface area (Å²) >= 11 is 1.48. The van der Waals surface area contributed by atoms with Gasteiger partial charge in [-0.1, -0.05) is 41.7 Å². The van der Waals surface area contributed by atoms with Crippen LogP contribution in [0.25, 0.3) is 32.8 Å². The summed E-state index contributed by atoms with van der Waals surface area (Å²) in [4.78, 5) is 27.3. The predicted molar refractivity (Wildman–Crippen MR) is 125 cm³/mol. The quantitative estimate of drug-likeness (QED) is 0.385. The van der Waals surface area contributed by atoms with E-state index in [1.54, 1.807) is 19.9 Å². The Bertz CT molecular complexity index is 1420. The number of H-pyrrole nitrogens is 1. The van der Waals surface area contributed by atoms with E-state index in [0.29, 0.717) is 28.2 Å². The Morgan fingerprint density at radius 2 is 1.75 bits per heavy atom. The van der Waals surface area contributed by atoms with Gasteiger partial charge in [0.2, 0.25) is 0 Å². The number of aromatic nitrogens is 3. The van der Waals surface area contributed by atoms with Gasteiger partial charge in [0.15, 0.2) is 0 Å². The molecule has 0 saturated heterocycles. The van der Waals surface area contributed by atoms with Crippen molar-refractivity contribution < 1.29 is 14.7 Å². The van der Waals surface area contributed by atoms with Gasteiger partial charge >= 0.3 is 5.97 Å². The van der Waals surface area contributed by atoms with Gasteiger partial charge in [0.05, 0.1) is 11.1 Å². The maximum absolute atomic E-state index is 12.7. The molecule has 0 bridgehead atoms. The second-order valence-electron chi connectivity index (χ2n) is 7.52. The number of carboxylic acids is 1. The van der Waals surface area contributed by atoms with Gasteiger partial charge < -0.3 is 15.4 Å². The number of carbonyl (C=O) groups is 2. The number of aryl methyl sites for hydroxylation is 1. The summed E-state index contributed by atoms with van der Waals surface area (Å²) in [5.41, 5.74) is 5.75. The first-order valence-corrected chi connectivity index (χ1v) is 10.7. The number of anilines is 1. The Labute approximate surface area is 187 Å². The first kappa shape index (κ1) is 19.9. The normalized spacial score (nSPS) is 13.9. The largest absolute Gasteiger partial charge is 0.478 e. The van der Waals surface area contributed by atoms with Gasteiger partial charge in [0, 0.05) is 33.8 Å². The van der Waals surface area contributed by atoms with Crippen molar-refractivity contribution in [1.82, 2.24) is 15.2 Å².